The number of ether oxygens (including phenoxy) is 2. The van der Waals surface area contributed by atoms with Crippen molar-refractivity contribution >= 4 is 11.1 Å². The minimum Gasteiger partial charge on any atom is -0.494 e. The Morgan fingerprint density at radius 2 is 2.03 bits per heavy atom. The molecule has 8 heteroatoms. The molecule has 1 aromatic carbocycles. The quantitative estimate of drug-likeness (QED) is 0.504. The molecule has 31 heavy (non-hydrogen) atoms. The van der Waals surface area contributed by atoms with Crippen LogP contribution in [0.2, 0.25) is 0 Å². The third kappa shape index (κ3) is 4.81. The van der Waals surface area contributed by atoms with Gasteiger partial charge in [-0.05, 0) is 36.8 Å². The van der Waals surface area contributed by atoms with Gasteiger partial charge in [-0.3, -0.25) is 4.57 Å². The first-order valence-corrected chi connectivity index (χ1v) is 10.8. The first-order chi connectivity index (χ1) is 15.1. The number of hydrogen-bond donors (Lipinski definition) is 2. The molecule has 0 aliphatic carbocycles. The summed E-state index contributed by atoms with van der Waals surface area (Å²) >= 11 is 0. The SMILES string of the molecule is CCCCCCOc1ccc(-c2cc3cn(C4CC(O)C(CO)O4)c(=O)nc3o2)cc1. The van der Waals surface area contributed by atoms with Crippen LogP contribution in [0.4, 0.5) is 0 Å². The largest absolute Gasteiger partial charge is 0.494 e. The molecule has 1 aliphatic rings. The molecule has 1 aliphatic heterocycles. The van der Waals surface area contributed by atoms with Gasteiger partial charge >= 0.3 is 5.69 Å². The second-order valence-electron chi connectivity index (χ2n) is 7.85. The lowest BCUT2D eigenvalue weighted by atomic mass is 10.1. The molecule has 3 heterocycles. The van der Waals surface area contributed by atoms with E-state index in [0.717, 1.165) is 17.7 Å². The van der Waals surface area contributed by atoms with E-state index in [-0.39, 0.29) is 18.7 Å². The second-order valence-corrected chi connectivity index (χ2v) is 7.85. The molecule has 3 unspecified atom stereocenters. The molecular formula is C23H28N2O6. The molecule has 0 radical (unpaired) electrons. The predicted molar refractivity (Wildman–Crippen MR) is 115 cm³/mol. The number of fused-ring (bicyclic) bond motifs is 1. The Bertz CT molecular complexity index is 1060. The van der Waals surface area contributed by atoms with Crippen LogP contribution in [0, 0.1) is 0 Å². The molecule has 0 spiro atoms. The summed E-state index contributed by atoms with van der Waals surface area (Å²) < 4.78 is 18.5. The minimum absolute atomic E-state index is 0.211. The summed E-state index contributed by atoms with van der Waals surface area (Å²) in [5.41, 5.74) is 0.559. The first-order valence-electron chi connectivity index (χ1n) is 10.8. The standard InChI is InChI=1S/C23H28N2O6/c1-2-3-4-5-10-29-17-8-6-15(7-9-17)19-11-16-13-25(23(28)24-22(16)31-19)21-12-18(27)20(14-26)30-21/h6-9,11,13,18,20-21,26-27H,2-5,10,12,14H2,1H3. The Hall–Kier alpha value is -2.68. The molecule has 166 valence electrons. The molecule has 4 rings (SSSR count). The van der Waals surface area contributed by atoms with Crippen molar-refractivity contribution in [2.45, 2.75) is 57.5 Å². The van der Waals surface area contributed by atoms with E-state index < -0.39 is 24.1 Å². The normalized spacial score (nSPS) is 21.1. The van der Waals surface area contributed by atoms with Gasteiger partial charge in [0.2, 0.25) is 5.71 Å². The molecule has 0 saturated carbocycles. The van der Waals surface area contributed by atoms with Crippen LogP contribution in [0.25, 0.3) is 22.4 Å². The lowest BCUT2D eigenvalue weighted by molar-refractivity contribution is -0.0457. The summed E-state index contributed by atoms with van der Waals surface area (Å²) in [6.45, 7) is 2.58. The topological polar surface area (TPSA) is 107 Å². The van der Waals surface area contributed by atoms with Gasteiger partial charge in [-0.1, -0.05) is 26.2 Å². The van der Waals surface area contributed by atoms with E-state index >= 15 is 0 Å². The number of aliphatic hydroxyl groups excluding tert-OH is 2. The molecule has 1 fully saturated rings. The summed E-state index contributed by atoms with van der Waals surface area (Å²) in [7, 11) is 0. The lowest BCUT2D eigenvalue weighted by Crippen LogP contribution is -2.27. The van der Waals surface area contributed by atoms with Crippen molar-refractivity contribution < 1.29 is 24.1 Å². The van der Waals surface area contributed by atoms with E-state index in [2.05, 4.69) is 11.9 Å². The van der Waals surface area contributed by atoms with Gasteiger partial charge in [0.15, 0.2) is 0 Å². The van der Waals surface area contributed by atoms with Crippen LogP contribution in [0.1, 0.15) is 45.3 Å². The molecule has 3 atom stereocenters. The van der Waals surface area contributed by atoms with Crippen LogP contribution >= 0.6 is 0 Å². The molecule has 3 aromatic rings. The maximum absolute atomic E-state index is 12.4. The Kier molecular flexibility index (Phi) is 6.70. The number of rotatable bonds is 9. The number of nitrogens with zero attached hydrogens (tertiary/aromatic N) is 2. The van der Waals surface area contributed by atoms with Crippen molar-refractivity contribution in [2.75, 3.05) is 13.2 Å². The van der Waals surface area contributed by atoms with Gasteiger partial charge in [-0.25, -0.2) is 4.79 Å². The molecular weight excluding hydrogens is 400 g/mol. The average Bonchev–Trinajstić information content (AvgIpc) is 3.36. The average molecular weight is 428 g/mol. The molecule has 8 nitrogen and oxygen atoms in total. The van der Waals surface area contributed by atoms with Crippen molar-refractivity contribution in [3.8, 4) is 17.1 Å². The first kappa shape index (κ1) is 21.5. The third-order valence-electron chi connectivity index (χ3n) is 5.54. The molecule has 1 saturated heterocycles. The maximum Gasteiger partial charge on any atom is 0.353 e. The summed E-state index contributed by atoms with van der Waals surface area (Å²) in [6, 6.07) is 9.43. The summed E-state index contributed by atoms with van der Waals surface area (Å²) in [6.07, 6.45) is 4.26. The number of unbranched alkanes of at least 4 members (excludes halogenated alkanes) is 3. The zero-order chi connectivity index (χ0) is 21.8. The fourth-order valence-electron chi connectivity index (χ4n) is 3.76. The van der Waals surface area contributed by atoms with E-state index in [1.54, 1.807) is 6.20 Å². The van der Waals surface area contributed by atoms with Crippen LogP contribution in [0.3, 0.4) is 0 Å². The van der Waals surface area contributed by atoms with Gasteiger partial charge < -0.3 is 24.1 Å². The second kappa shape index (κ2) is 9.64. The van der Waals surface area contributed by atoms with E-state index in [1.807, 2.05) is 30.3 Å². The van der Waals surface area contributed by atoms with Gasteiger partial charge in [0.05, 0.1) is 24.7 Å². The Morgan fingerprint density at radius 1 is 1.23 bits per heavy atom. The predicted octanol–water partition coefficient (Wildman–Crippen LogP) is 3.26. The van der Waals surface area contributed by atoms with Crippen molar-refractivity contribution in [1.82, 2.24) is 9.55 Å². The Balaban J connectivity index is 1.49. The summed E-state index contributed by atoms with van der Waals surface area (Å²) in [4.78, 5) is 16.4. The van der Waals surface area contributed by atoms with E-state index in [0.29, 0.717) is 17.8 Å². The molecule has 2 aromatic heterocycles. The number of aliphatic hydroxyl groups is 2. The Morgan fingerprint density at radius 3 is 2.74 bits per heavy atom. The van der Waals surface area contributed by atoms with Crippen LogP contribution in [0.5, 0.6) is 5.75 Å². The van der Waals surface area contributed by atoms with E-state index in [4.69, 9.17) is 13.9 Å². The highest BCUT2D eigenvalue weighted by molar-refractivity contribution is 5.79. The van der Waals surface area contributed by atoms with Crippen LogP contribution in [0.15, 0.2) is 45.7 Å². The van der Waals surface area contributed by atoms with Gasteiger partial charge in [-0.15, -0.1) is 0 Å². The minimum atomic E-state index is -0.829. The fourth-order valence-corrected chi connectivity index (χ4v) is 3.76. The van der Waals surface area contributed by atoms with Crippen LogP contribution in [-0.2, 0) is 4.74 Å². The number of furan rings is 1. The number of benzene rings is 1. The van der Waals surface area contributed by atoms with Crippen LogP contribution < -0.4 is 10.4 Å². The van der Waals surface area contributed by atoms with Gasteiger partial charge in [0.25, 0.3) is 0 Å². The number of aromatic nitrogens is 2. The monoisotopic (exact) mass is 428 g/mol. The maximum atomic E-state index is 12.4. The third-order valence-corrected chi connectivity index (χ3v) is 5.54. The van der Waals surface area contributed by atoms with Crippen LogP contribution in [-0.4, -0.2) is 45.2 Å². The van der Waals surface area contributed by atoms with Crippen molar-refractivity contribution in [1.29, 1.82) is 0 Å². The smallest absolute Gasteiger partial charge is 0.353 e. The summed E-state index contributed by atoms with van der Waals surface area (Å²) in [5.74, 6) is 1.40. The van der Waals surface area contributed by atoms with Gasteiger partial charge in [0.1, 0.15) is 23.8 Å². The summed E-state index contributed by atoms with van der Waals surface area (Å²) in [5, 5.41) is 19.9. The molecule has 2 N–H and O–H groups in total. The highest BCUT2D eigenvalue weighted by atomic mass is 16.5. The highest BCUT2D eigenvalue weighted by Crippen LogP contribution is 2.30. The lowest BCUT2D eigenvalue weighted by Gasteiger charge is -2.13. The van der Waals surface area contributed by atoms with Crippen molar-refractivity contribution in [3.05, 3.63) is 47.0 Å². The van der Waals surface area contributed by atoms with E-state index in [1.165, 1.54) is 23.8 Å². The highest BCUT2D eigenvalue weighted by Gasteiger charge is 2.35. The zero-order valence-electron chi connectivity index (χ0n) is 17.6. The molecule has 0 bridgehead atoms. The Labute approximate surface area is 180 Å². The van der Waals surface area contributed by atoms with Crippen molar-refractivity contribution in [3.63, 3.8) is 0 Å². The van der Waals surface area contributed by atoms with E-state index in [9.17, 15) is 15.0 Å². The van der Waals surface area contributed by atoms with Gasteiger partial charge in [-0.2, -0.15) is 4.98 Å². The molecule has 0 amide bonds. The van der Waals surface area contributed by atoms with Crippen molar-refractivity contribution in [2.24, 2.45) is 0 Å². The zero-order valence-corrected chi connectivity index (χ0v) is 17.6. The fraction of sp³-hybridized carbons (Fsp3) is 0.478. The van der Waals surface area contributed by atoms with Gasteiger partial charge in [0, 0.05) is 18.2 Å². The number of hydrogen-bond acceptors (Lipinski definition) is 7.